The number of primary sulfonamides is 1. The fourth-order valence-corrected chi connectivity index (χ4v) is 2.84. The van der Waals surface area contributed by atoms with E-state index >= 15 is 0 Å². The van der Waals surface area contributed by atoms with E-state index in [2.05, 4.69) is 31.9 Å². The first-order chi connectivity index (χ1) is 5.82. The molecule has 13 heavy (non-hydrogen) atoms. The number of sulfonamides is 1. The maximum absolute atomic E-state index is 11.0. The summed E-state index contributed by atoms with van der Waals surface area (Å²) in [5, 5.41) is 4.98. The zero-order chi connectivity index (χ0) is 10.2. The number of halogens is 2. The van der Waals surface area contributed by atoms with Gasteiger partial charge in [-0.2, -0.15) is 0 Å². The number of nitrogens with two attached hydrogens (primary N) is 1. The fraction of sp³-hybridized carbons (Fsp3) is 0.143. The van der Waals surface area contributed by atoms with Crippen molar-refractivity contribution in [2.45, 2.75) is 11.8 Å². The number of rotatable bonds is 1. The van der Waals surface area contributed by atoms with Crippen LogP contribution < -0.4 is 5.14 Å². The Morgan fingerprint density at radius 2 is 1.62 bits per heavy atom. The van der Waals surface area contributed by atoms with Gasteiger partial charge in [-0.15, -0.1) is 0 Å². The predicted molar refractivity (Wildman–Crippen MR) is 58.0 cm³/mol. The summed E-state index contributed by atoms with van der Waals surface area (Å²) in [6.45, 7) is 1.86. The fourth-order valence-electron chi connectivity index (χ4n) is 0.786. The lowest BCUT2D eigenvalue weighted by Crippen LogP contribution is -2.12. The highest BCUT2D eigenvalue weighted by Gasteiger charge is 2.11. The minimum atomic E-state index is -3.62. The zero-order valence-corrected chi connectivity index (χ0v) is 10.7. The van der Waals surface area contributed by atoms with Crippen molar-refractivity contribution in [3.63, 3.8) is 0 Å². The van der Waals surface area contributed by atoms with Gasteiger partial charge in [0.25, 0.3) is 0 Å². The van der Waals surface area contributed by atoms with Crippen molar-refractivity contribution < 1.29 is 8.42 Å². The molecule has 1 rings (SSSR count). The zero-order valence-electron chi connectivity index (χ0n) is 6.71. The maximum atomic E-state index is 11.0. The van der Waals surface area contributed by atoms with Crippen LogP contribution in [0, 0.1) is 6.92 Å². The molecule has 1 aromatic carbocycles. The van der Waals surface area contributed by atoms with Gasteiger partial charge in [-0.05, 0) is 24.6 Å². The molecule has 0 atom stereocenters. The van der Waals surface area contributed by atoms with Gasteiger partial charge >= 0.3 is 0 Å². The molecule has 0 amide bonds. The molecular weight excluding hydrogens is 322 g/mol. The van der Waals surface area contributed by atoms with Crippen molar-refractivity contribution in [1.29, 1.82) is 0 Å². The molecule has 0 radical (unpaired) electrons. The Morgan fingerprint density at radius 1 is 1.23 bits per heavy atom. The van der Waals surface area contributed by atoms with Crippen molar-refractivity contribution in [2.24, 2.45) is 5.14 Å². The van der Waals surface area contributed by atoms with Crippen molar-refractivity contribution in [1.82, 2.24) is 0 Å². The van der Waals surface area contributed by atoms with E-state index in [1.54, 1.807) is 0 Å². The van der Waals surface area contributed by atoms with Gasteiger partial charge in [0.1, 0.15) is 0 Å². The van der Waals surface area contributed by atoms with Crippen LogP contribution in [0.3, 0.4) is 0 Å². The van der Waals surface area contributed by atoms with Gasteiger partial charge in [0.15, 0.2) is 0 Å². The van der Waals surface area contributed by atoms with E-state index in [1.165, 1.54) is 12.1 Å². The van der Waals surface area contributed by atoms with Crippen molar-refractivity contribution >= 4 is 41.9 Å². The second-order valence-corrected chi connectivity index (χ2v) is 5.83. The topological polar surface area (TPSA) is 60.2 Å². The van der Waals surface area contributed by atoms with Crippen LogP contribution in [0.5, 0.6) is 0 Å². The first-order valence-corrected chi connectivity index (χ1v) is 6.44. The summed E-state index contributed by atoms with van der Waals surface area (Å²) in [4.78, 5) is 0.0943. The molecule has 72 valence electrons. The molecule has 0 fully saturated rings. The lowest BCUT2D eigenvalue weighted by Gasteiger charge is -2.04. The third-order valence-corrected chi connectivity index (χ3v) is 4.12. The summed E-state index contributed by atoms with van der Waals surface area (Å²) in [6.07, 6.45) is 0. The third kappa shape index (κ3) is 2.52. The lowest BCUT2D eigenvalue weighted by atomic mass is 10.2. The molecule has 0 heterocycles. The summed E-state index contributed by atoms with van der Waals surface area (Å²) < 4.78 is 23.4. The average Bonchev–Trinajstić information content (AvgIpc) is 1.97. The quantitative estimate of drug-likeness (QED) is 0.858. The number of hydrogen-bond acceptors (Lipinski definition) is 2. The largest absolute Gasteiger partial charge is 0.238 e. The Kier molecular flexibility index (Phi) is 3.16. The summed E-state index contributed by atoms with van der Waals surface area (Å²) in [6, 6.07) is 2.96. The molecule has 6 heteroatoms. The highest BCUT2D eigenvalue weighted by atomic mass is 79.9. The van der Waals surface area contributed by atoms with E-state index in [9.17, 15) is 8.42 Å². The van der Waals surface area contributed by atoms with Crippen LogP contribution in [-0.2, 0) is 10.0 Å². The van der Waals surface area contributed by atoms with Crippen molar-refractivity contribution in [2.75, 3.05) is 0 Å². The van der Waals surface area contributed by atoms with E-state index in [0.717, 1.165) is 5.56 Å². The van der Waals surface area contributed by atoms with Gasteiger partial charge in [0.2, 0.25) is 10.0 Å². The van der Waals surface area contributed by atoms with Crippen LogP contribution in [0.15, 0.2) is 26.0 Å². The molecule has 0 saturated carbocycles. The van der Waals surface area contributed by atoms with E-state index in [0.29, 0.717) is 8.95 Å². The Balaban J connectivity index is 3.47. The molecule has 1 aromatic rings. The van der Waals surface area contributed by atoms with Crippen molar-refractivity contribution in [3.05, 3.63) is 26.6 Å². The van der Waals surface area contributed by atoms with E-state index in [-0.39, 0.29) is 4.90 Å². The first kappa shape index (κ1) is 11.2. The molecule has 2 N–H and O–H groups in total. The summed E-state index contributed by atoms with van der Waals surface area (Å²) >= 11 is 6.48. The SMILES string of the molecule is Cc1c(Br)cc(S(N)(=O)=O)cc1Br. The molecule has 3 nitrogen and oxygen atoms in total. The molecule has 0 aliphatic rings. The van der Waals surface area contributed by atoms with Crippen LogP contribution in [-0.4, -0.2) is 8.42 Å². The first-order valence-electron chi connectivity index (χ1n) is 3.31. The van der Waals surface area contributed by atoms with Crippen LogP contribution in [0.1, 0.15) is 5.56 Å². The van der Waals surface area contributed by atoms with Gasteiger partial charge in [-0.25, -0.2) is 13.6 Å². The van der Waals surface area contributed by atoms with Crippen LogP contribution in [0.4, 0.5) is 0 Å². The monoisotopic (exact) mass is 327 g/mol. The Morgan fingerprint density at radius 3 is 1.92 bits per heavy atom. The Bertz CT molecular complexity index is 419. The molecule has 0 aromatic heterocycles. The van der Waals surface area contributed by atoms with Gasteiger partial charge in [0.05, 0.1) is 4.90 Å². The average molecular weight is 329 g/mol. The molecule has 0 bridgehead atoms. The van der Waals surface area contributed by atoms with E-state index in [4.69, 9.17) is 5.14 Å². The van der Waals surface area contributed by atoms with Crippen LogP contribution >= 0.6 is 31.9 Å². The molecule has 0 unspecified atom stereocenters. The van der Waals surface area contributed by atoms with E-state index in [1.807, 2.05) is 6.92 Å². The summed E-state index contributed by atoms with van der Waals surface area (Å²) in [5.41, 5.74) is 0.937. The minimum Gasteiger partial charge on any atom is -0.225 e. The smallest absolute Gasteiger partial charge is 0.225 e. The highest BCUT2D eigenvalue weighted by molar-refractivity contribution is 9.11. The Hall–Kier alpha value is 0.0900. The molecular formula is C7H7Br2NO2S. The van der Waals surface area contributed by atoms with Crippen LogP contribution in [0.25, 0.3) is 0 Å². The summed E-state index contributed by atoms with van der Waals surface area (Å²) in [7, 11) is -3.62. The minimum absolute atomic E-state index is 0.0943. The van der Waals surface area contributed by atoms with Crippen molar-refractivity contribution in [3.8, 4) is 0 Å². The molecule has 0 spiro atoms. The standard InChI is InChI=1S/C7H7Br2NO2S/c1-4-6(8)2-5(3-7(4)9)13(10,11)12/h2-3H,1H3,(H2,10,11,12). The number of hydrogen-bond donors (Lipinski definition) is 1. The highest BCUT2D eigenvalue weighted by Crippen LogP contribution is 2.27. The number of benzene rings is 1. The van der Waals surface area contributed by atoms with Gasteiger partial charge in [-0.3, -0.25) is 0 Å². The molecule has 0 aliphatic heterocycles. The third-order valence-electron chi connectivity index (χ3n) is 1.58. The molecule has 0 aliphatic carbocycles. The molecule has 0 saturated heterocycles. The Labute approximate surface area is 93.6 Å². The van der Waals surface area contributed by atoms with Crippen LogP contribution in [0.2, 0.25) is 0 Å². The second kappa shape index (κ2) is 3.68. The van der Waals surface area contributed by atoms with Gasteiger partial charge < -0.3 is 0 Å². The second-order valence-electron chi connectivity index (χ2n) is 2.56. The summed E-state index contributed by atoms with van der Waals surface area (Å²) in [5.74, 6) is 0. The van der Waals surface area contributed by atoms with Gasteiger partial charge in [-0.1, -0.05) is 31.9 Å². The normalized spacial score (nSPS) is 11.7. The lowest BCUT2D eigenvalue weighted by molar-refractivity contribution is 0.597. The maximum Gasteiger partial charge on any atom is 0.238 e. The predicted octanol–water partition coefficient (Wildman–Crippen LogP) is 2.17. The van der Waals surface area contributed by atoms with Gasteiger partial charge in [0, 0.05) is 8.95 Å². The van der Waals surface area contributed by atoms with E-state index < -0.39 is 10.0 Å².